The third-order valence-corrected chi connectivity index (χ3v) is 5.87. The van der Waals surface area contributed by atoms with E-state index in [0.717, 1.165) is 17.7 Å². The van der Waals surface area contributed by atoms with Gasteiger partial charge in [-0.15, -0.1) is 13.2 Å². The van der Waals surface area contributed by atoms with Crippen LogP contribution in [0.3, 0.4) is 0 Å². The minimum atomic E-state index is -4.77. The van der Waals surface area contributed by atoms with Gasteiger partial charge in [-0.05, 0) is 65.9 Å². The molecule has 1 N–H and O–H groups in total. The predicted molar refractivity (Wildman–Crippen MR) is 132 cm³/mol. The van der Waals surface area contributed by atoms with Crippen molar-refractivity contribution in [1.82, 2.24) is 0 Å². The number of aliphatic hydroxyl groups excluding tert-OH is 1. The molecule has 0 saturated carbocycles. The normalized spacial score (nSPS) is 12.5. The lowest BCUT2D eigenvalue weighted by Gasteiger charge is -2.29. The number of halogens is 4. The second kappa shape index (κ2) is 11.7. The Balaban J connectivity index is 1.87. The first-order chi connectivity index (χ1) is 16.5. The molecule has 35 heavy (non-hydrogen) atoms. The Kier molecular flexibility index (Phi) is 8.92. The quantitative estimate of drug-likeness (QED) is 0.306. The molecule has 0 fully saturated rings. The third kappa shape index (κ3) is 8.08. The van der Waals surface area contributed by atoms with Crippen molar-refractivity contribution in [2.75, 3.05) is 11.4 Å². The first-order valence-corrected chi connectivity index (χ1v) is 11.8. The molecule has 0 heterocycles. The number of ether oxygens (including phenoxy) is 2. The van der Waals surface area contributed by atoms with Crippen molar-refractivity contribution in [3.8, 4) is 17.2 Å². The summed E-state index contributed by atoms with van der Waals surface area (Å²) in [4.78, 5) is 1.91. The van der Waals surface area contributed by atoms with Crippen LogP contribution in [0.25, 0.3) is 0 Å². The van der Waals surface area contributed by atoms with Crippen LogP contribution < -0.4 is 14.4 Å². The van der Waals surface area contributed by atoms with Crippen LogP contribution in [0.1, 0.15) is 31.9 Å². The van der Waals surface area contributed by atoms with Gasteiger partial charge in [-0.3, -0.25) is 0 Å². The molecule has 1 unspecified atom stereocenters. The molecule has 0 radical (unpaired) electrons. The number of nitrogens with zero attached hydrogens (tertiary/aromatic N) is 1. The van der Waals surface area contributed by atoms with Crippen molar-refractivity contribution in [2.45, 2.75) is 46.2 Å². The number of anilines is 1. The monoisotopic (exact) mass is 507 g/mol. The zero-order chi connectivity index (χ0) is 25.6. The summed E-state index contributed by atoms with van der Waals surface area (Å²) in [5.74, 6) is 0.948. The predicted octanol–water partition coefficient (Wildman–Crippen LogP) is 7.62. The van der Waals surface area contributed by atoms with Crippen LogP contribution in [0.4, 0.5) is 18.9 Å². The van der Waals surface area contributed by atoms with E-state index in [1.807, 2.05) is 56.0 Å². The molecule has 0 aliphatic heterocycles. The molecule has 0 bridgehead atoms. The van der Waals surface area contributed by atoms with E-state index in [9.17, 15) is 18.3 Å². The van der Waals surface area contributed by atoms with Crippen molar-refractivity contribution >= 4 is 17.3 Å². The van der Waals surface area contributed by atoms with Gasteiger partial charge >= 0.3 is 6.36 Å². The number of aliphatic hydroxyl groups is 1. The lowest BCUT2D eigenvalue weighted by Crippen LogP contribution is -2.34. The summed E-state index contributed by atoms with van der Waals surface area (Å²) in [6.45, 7) is 6.38. The van der Waals surface area contributed by atoms with Gasteiger partial charge in [0.1, 0.15) is 17.2 Å². The van der Waals surface area contributed by atoms with Crippen molar-refractivity contribution in [3.63, 3.8) is 0 Å². The van der Waals surface area contributed by atoms with E-state index < -0.39 is 12.5 Å². The van der Waals surface area contributed by atoms with Crippen molar-refractivity contribution in [3.05, 3.63) is 82.9 Å². The molecule has 4 nitrogen and oxygen atoms in total. The Hall–Kier alpha value is -2.90. The number of aryl methyl sites for hydroxylation is 1. The van der Waals surface area contributed by atoms with Gasteiger partial charge < -0.3 is 19.5 Å². The van der Waals surface area contributed by atoms with Crippen LogP contribution in [0.2, 0.25) is 5.02 Å². The molecule has 3 rings (SSSR count). The highest BCUT2D eigenvalue weighted by Crippen LogP contribution is 2.31. The van der Waals surface area contributed by atoms with Gasteiger partial charge in [-0.2, -0.15) is 0 Å². The second-order valence-corrected chi connectivity index (χ2v) is 9.00. The summed E-state index contributed by atoms with van der Waals surface area (Å²) in [5.41, 5.74) is 2.34. The zero-order valence-corrected chi connectivity index (χ0v) is 20.6. The molecule has 0 aliphatic rings. The van der Waals surface area contributed by atoms with Crippen LogP contribution in [0.15, 0.2) is 66.7 Å². The average molecular weight is 508 g/mol. The van der Waals surface area contributed by atoms with E-state index in [4.69, 9.17) is 16.3 Å². The Labute approximate surface area is 208 Å². The van der Waals surface area contributed by atoms with E-state index in [1.165, 1.54) is 18.2 Å². The maximum absolute atomic E-state index is 12.7. The summed E-state index contributed by atoms with van der Waals surface area (Å²) in [5, 5.41) is 11.3. The van der Waals surface area contributed by atoms with Crippen LogP contribution in [-0.4, -0.2) is 24.1 Å². The highest BCUT2D eigenvalue weighted by Gasteiger charge is 2.31. The Morgan fingerprint density at radius 2 is 1.63 bits per heavy atom. The number of benzene rings is 3. The summed E-state index contributed by atoms with van der Waals surface area (Å²) in [7, 11) is 0. The SMILES string of the molecule is CCc1cc(Oc2cccc(N(Cc3cccc(OC(F)(F)F)c3)CC(O)C(C)C)c2)ccc1Cl. The van der Waals surface area contributed by atoms with Gasteiger partial charge in [0.25, 0.3) is 0 Å². The zero-order valence-electron chi connectivity index (χ0n) is 19.8. The van der Waals surface area contributed by atoms with Crippen molar-refractivity contribution in [2.24, 2.45) is 5.92 Å². The lowest BCUT2D eigenvalue weighted by atomic mass is 10.1. The van der Waals surface area contributed by atoms with E-state index >= 15 is 0 Å². The average Bonchev–Trinajstić information content (AvgIpc) is 2.79. The number of rotatable bonds is 10. The molecular formula is C27H29ClF3NO3. The summed E-state index contributed by atoms with van der Waals surface area (Å²) in [6.07, 6.45) is -4.64. The number of hydrogen-bond acceptors (Lipinski definition) is 4. The van der Waals surface area contributed by atoms with Crippen LogP contribution in [0.5, 0.6) is 17.2 Å². The Morgan fingerprint density at radius 3 is 2.31 bits per heavy atom. The smallest absolute Gasteiger partial charge is 0.457 e. The largest absolute Gasteiger partial charge is 0.573 e. The maximum Gasteiger partial charge on any atom is 0.573 e. The third-order valence-electron chi connectivity index (χ3n) is 5.50. The van der Waals surface area contributed by atoms with Gasteiger partial charge in [-0.1, -0.05) is 50.6 Å². The van der Waals surface area contributed by atoms with Crippen LogP contribution in [-0.2, 0) is 13.0 Å². The van der Waals surface area contributed by atoms with Crippen LogP contribution >= 0.6 is 11.6 Å². The van der Waals surface area contributed by atoms with Gasteiger partial charge in [0.05, 0.1) is 6.10 Å². The molecule has 188 valence electrons. The molecule has 0 spiro atoms. The van der Waals surface area contributed by atoms with Crippen molar-refractivity contribution in [1.29, 1.82) is 0 Å². The first kappa shape index (κ1) is 26.7. The minimum Gasteiger partial charge on any atom is -0.457 e. The van der Waals surface area contributed by atoms with E-state index in [2.05, 4.69) is 4.74 Å². The standard InChI is InChI=1S/C27H29ClF3NO3/c1-4-20-14-23(11-12-25(20)28)34-22-9-6-8-21(15-22)32(17-26(33)18(2)3)16-19-7-5-10-24(13-19)35-27(29,30)31/h5-15,18,26,33H,4,16-17H2,1-3H3. The second-order valence-electron chi connectivity index (χ2n) is 8.59. The maximum atomic E-state index is 12.7. The minimum absolute atomic E-state index is 0.00152. The van der Waals surface area contributed by atoms with E-state index in [-0.39, 0.29) is 24.8 Å². The van der Waals surface area contributed by atoms with E-state index in [0.29, 0.717) is 22.1 Å². The van der Waals surface area contributed by atoms with Gasteiger partial charge in [-0.25, -0.2) is 0 Å². The highest BCUT2D eigenvalue weighted by molar-refractivity contribution is 6.31. The van der Waals surface area contributed by atoms with E-state index in [1.54, 1.807) is 18.2 Å². The molecule has 0 aliphatic carbocycles. The van der Waals surface area contributed by atoms with Crippen LogP contribution in [0, 0.1) is 5.92 Å². The topological polar surface area (TPSA) is 41.9 Å². The molecular weight excluding hydrogens is 479 g/mol. The fourth-order valence-corrected chi connectivity index (χ4v) is 3.78. The molecule has 3 aromatic carbocycles. The molecule has 1 atom stereocenters. The lowest BCUT2D eigenvalue weighted by molar-refractivity contribution is -0.274. The summed E-state index contributed by atoms with van der Waals surface area (Å²) in [6, 6.07) is 18.7. The fourth-order valence-electron chi connectivity index (χ4n) is 3.52. The van der Waals surface area contributed by atoms with Gasteiger partial charge in [0, 0.05) is 29.9 Å². The number of alkyl halides is 3. The summed E-state index contributed by atoms with van der Waals surface area (Å²) >= 11 is 6.21. The Bertz CT molecular complexity index is 1120. The molecule has 0 aromatic heterocycles. The fraction of sp³-hybridized carbons (Fsp3) is 0.333. The molecule has 8 heteroatoms. The molecule has 0 saturated heterocycles. The van der Waals surface area contributed by atoms with Gasteiger partial charge in [0.15, 0.2) is 0 Å². The van der Waals surface area contributed by atoms with Crippen molar-refractivity contribution < 1.29 is 27.8 Å². The first-order valence-electron chi connectivity index (χ1n) is 11.4. The molecule has 0 amide bonds. The van der Waals surface area contributed by atoms with Gasteiger partial charge in [0.2, 0.25) is 0 Å². The summed E-state index contributed by atoms with van der Waals surface area (Å²) < 4.78 is 48.1. The molecule has 3 aromatic rings. The highest BCUT2D eigenvalue weighted by atomic mass is 35.5. The number of hydrogen-bond donors (Lipinski definition) is 1. The Morgan fingerprint density at radius 1 is 0.943 bits per heavy atom.